The second kappa shape index (κ2) is 10.7. The molecule has 2 atom stereocenters. The SMILES string of the molecule is O=C(CC[C@H]1C(=O)N(c2ccc(F)cc2)[C@@H]1c1ccccc1OCc1ccccc1)c1ccc(F)cc1. The summed E-state index contributed by atoms with van der Waals surface area (Å²) in [5, 5.41) is 0. The van der Waals surface area contributed by atoms with E-state index in [1.54, 1.807) is 17.0 Å². The van der Waals surface area contributed by atoms with E-state index >= 15 is 0 Å². The van der Waals surface area contributed by atoms with Crippen LogP contribution in [0.15, 0.2) is 103 Å². The minimum absolute atomic E-state index is 0.138. The Kier molecular flexibility index (Phi) is 7.08. The molecule has 6 heteroatoms. The molecule has 0 aromatic heterocycles. The number of para-hydroxylation sites is 1. The van der Waals surface area contributed by atoms with Crippen LogP contribution in [0.3, 0.4) is 0 Å². The average molecular weight is 498 g/mol. The van der Waals surface area contributed by atoms with Crippen LogP contribution < -0.4 is 9.64 Å². The first kappa shape index (κ1) is 24.4. The van der Waals surface area contributed by atoms with Gasteiger partial charge in [-0.1, -0.05) is 48.5 Å². The lowest BCUT2D eigenvalue weighted by molar-refractivity contribution is -0.130. The van der Waals surface area contributed by atoms with Crippen LogP contribution >= 0.6 is 0 Å². The van der Waals surface area contributed by atoms with E-state index in [4.69, 9.17) is 4.74 Å². The molecule has 37 heavy (non-hydrogen) atoms. The Labute approximate surface area is 214 Å². The lowest BCUT2D eigenvalue weighted by Crippen LogP contribution is -2.55. The average Bonchev–Trinajstić information content (AvgIpc) is 2.92. The maximum atomic E-state index is 13.6. The van der Waals surface area contributed by atoms with Crippen molar-refractivity contribution in [3.8, 4) is 5.75 Å². The first-order chi connectivity index (χ1) is 18.0. The maximum absolute atomic E-state index is 13.6. The second-order valence-electron chi connectivity index (χ2n) is 9.02. The van der Waals surface area contributed by atoms with E-state index in [2.05, 4.69) is 0 Å². The third-order valence-corrected chi connectivity index (χ3v) is 6.64. The fraction of sp³-hybridized carbons (Fsp3) is 0.161. The number of amides is 1. The predicted octanol–water partition coefficient (Wildman–Crippen LogP) is 6.91. The third kappa shape index (κ3) is 5.28. The molecule has 0 radical (unpaired) electrons. The Bertz CT molecular complexity index is 1390. The highest BCUT2D eigenvalue weighted by molar-refractivity contribution is 6.04. The minimum Gasteiger partial charge on any atom is -0.489 e. The molecule has 1 saturated heterocycles. The van der Waals surface area contributed by atoms with E-state index in [9.17, 15) is 18.4 Å². The van der Waals surface area contributed by atoms with E-state index in [0.717, 1.165) is 11.1 Å². The third-order valence-electron chi connectivity index (χ3n) is 6.64. The molecule has 0 unspecified atom stereocenters. The molecule has 1 aliphatic heterocycles. The van der Waals surface area contributed by atoms with E-state index in [1.807, 2.05) is 54.6 Å². The molecule has 0 N–H and O–H groups in total. The zero-order valence-electron chi connectivity index (χ0n) is 20.0. The molecular formula is C31H25F2NO3. The Morgan fingerprint density at radius 2 is 1.41 bits per heavy atom. The minimum atomic E-state index is -0.462. The highest BCUT2D eigenvalue weighted by Gasteiger charge is 2.49. The van der Waals surface area contributed by atoms with Crippen molar-refractivity contribution in [3.63, 3.8) is 0 Å². The van der Waals surface area contributed by atoms with Gasteiger partial charge < -0.3 is 9.64 Å². The van der Waals surface area contributed by atoms with Crippen LogP contribution in [0.5, 0.6) is 5.75 Å². The smallest absolute Gasteiger partial charge is 0.233 e. The molecule has 186 valence electrons. The summed E-state index contributed by atoms with van der Waals surface area (Å²) in [5.74, 6) is -0.905. The number of carbonyl (C=O) groups excluding carboxylic acids is 2. The summed E-state index contributed by atoms with van der Waals surface area (Å²) in [5.41, 5.74) is 2.82. The van der Waals surface area contributed by atoms with Gasteiger partial charge in [-0.3, -0.25) is 9.59 Å². The van der Waals surface area contributed by atoms with Crippen molar-refractivity contribution in [1.29, 1.82) is 0 Å². The summed E-state index contributed by atoms with van der Waals surface area (Å²) in [6.45, 7) is 0.364. The van der Waals surface area contributed by atoms with Crippen molar-refractivity contribution in [2.45, 2.75) is 25.5 Å². The molecule has 1 fully saturated rings. The van der Waals surface area contributed by atoms with Crippen LogP contribution in [-0.4, -0.2) is 11.7 Å². The molecule has 1 aliphatic rings. The van der Waals surface area contributed by atoms with Gasteiger partial charge in [0.2, 0.25) is 5.91 Å². The first-order valence-corrected chi connectivity index (χ1v) is 12.1. The number of ketones is 1. The fourth-order valence-electron chi connectivity index (χ4n) is 4.73. The molecule has 1 heterocycles. The van der Waals surface area contributed by atoms with Gasteiger partial charge in [-0.2, -0.15) is 0 Å². The molecule has 4 aromatic carbocycles. The number of Topliss-reactive ketones (excluding diaryl/α,β-unsaturated/α-hetero) is 1. The van der Waals surface area contributed by atoms with Crippen molar-refractivity contribution >= 4 is 17.4 Å². The summed E-state index contributed by atoms with van der Waals surface area (Å²) in [4.78, 5) is 27.7. The fourth-order valence-corrected chi connectivity index (χ4v) is 4.73. The number of halogens is 2. The van der Waals surface area contributed by atoms with Crippen LogP contribution in [0.1, 0.15) is 40.4 Å². The topological polar surface area (TPSA) is 46.6 Å². The van der Waals surface area contributed by atoms with Crippen LogP contribution in [0.4, 0.5) is 14.5 Å². The second-order valence-corrected chi connectivity index (χ2v) is 9.02. The number of rotatable bonds is 9. The predicted molar refractivity (Wildman–Crippen MR) is 137 cm³/mol. The highest BCUT2D eigenvalue weighted by Crippen LogP contribution is 2.48. The van der Waals surface area contributed by atoms with Gasteiger partial charge in [0.1, 0.15) is 24.0 Å². The van der Waals surface area contributed by atoms with Crippen molar-refractivity contribution in [2.24, 2.45) is 5.92 Å². The molecule has 0 spiro atoms. The number of anilines is 1. The monoisotopic (exact) mass is 497 g/mol. The number of hydrogen-bond acceptors (Lipinski definition) is 3. The van der Waals surface area contributed by atoms with Gasteiger partial charge in [0.15, 0.2) is 5.78 Å². The Morgan fingerprint density at radius 1 is 0.784 bits per heavy atom. The van der Waals surface area contributed by atoms with Gasteiger partial charge in [-0.15, -0.1) is 0 Å². The summed E-state index contributed by atoms with van der Waals surface area (Å²) < 4.78 is 33.0. The molecule has 1 amide bonds. The van der Waals surface area contributed by atoms with Crippen molar-refractivity contribution in [1.82, 2.24) is 0 Å². The molecule has 0 aliphatic carbocycles. The molecule has 0 bridgehead atoms. The highest BCUT2D eigenvalue weighted by atomic mass is 19.1. The van der Waals surface area contributed by atoms with Crippen molar-refractivity contribution in [3.05, 3.63) is 131 Å². The summed E-state index contributed by atoms with van der Waals surface area (Å²) in [7, 11) is 0. The molecule has 4 nitrogen and oxygen atoms in total. The van der Waals surface area contributed by atoms with Gasteiger partial charge >= 0.3 is 0 Å². The van der Waals surface area contributed by atoms with Gasteiger partial charge in [-0.25, -0.2) is 8.78 Å². The number of nitrogens with zero attached hydrogens (tertiary/aromatic N) is 1. The quantitative estimate of drug-likeness (QED) is 0.186. The molecular weight excluding hydrogens is 472 g/mol. The van der Waals surface area contributed by atoms with Crippen LogP contribution in [0, 0.1) is 17.6 Å². The van der Waals surface area contributed by atoms with Crippen molar-refractivity contribution < 1.29 is 23.1 Å². The number of benzene rings is 4. The van der Waals surface area contributed by atoms with Gasteiger partial charge in [0.25, 0.3) is 0 Å². The Hall–Kier alpha value is -4.32. The lowest BCUT2D eigenvalue weighted by Gasteiger charge is -2.48. The normalized spacial score (nSPS) is 16.8. The molecule has 4 aromatic rings. The summed E-state index contributed by atoms with van der Waals surface area (Å²) in [6.07, 6.45) is 0.466. The van der Waals surface area contributed by atoms with Crippen molar-refractivity contribution in [2.75, 3.05) is 4.90 Å². The number of ether oxygens (including phenoxy) is 1. The maximum Gasteiger partial charge on any atom is 0.233 e. The summed E-state index contributed by atoms with van der Waals surface area (Å²) >= 11 is 0. The van der Waals surface area contributed by atoms with E-state index in [1.165, 1.54) is 36.4 Å². The number of carbonyl (C=O) groups is 2. The first-order valence-electron chi connectivity index (χ1n) is 12.1. The standard InChI is InChI=1S/C31H25F2NO3/c32-23-12-10-22(11-13-23)28(35)19-18-27-30(34(31(27)36)25-16-14-24(33)15-17-25)26-8-4-5-9-29(26)37-20-21-6-2-1-3-7-21/h1-17,27,30H,18-20H2/t27-,30-/m1/s1. The van der Waals surface area contributed by atoms with Crippen LogP contribution in [0.25, 0.3) is 0 Å². The van der Waals surface area contributed by atoms with Gasteiger partial charge in [-0.05, 0) is 66.6 Å². The van der Waals surface area contributed by atoms with E-state index in [-0.39, 0.29) is 30.0 Å². The van der Waals surface area contributed by atoms with Crippen LogP contribution in [0.2, 0.25) is 0 Å². The van der Waals surface area contributed by atoms with E-state index < -0.39 is 11.7 Å². The summed E-state index contributed by atoms with van der Waals surface area (Å²) in [6, 6.07) is 28.2. The Balaban J connectivity index is 1.41. The van der Waals surface area contributed by atoms with Gasteiger partial charge in [0.05, 0.1) is 12.0 Å². The van der Waals surface area contributed by atoms with E-state index in [0.29, 0.717) is 30.0 Å². The number of hydrogen-bond donors (Lipinski definition) is 0. The largest absolute Gasteiger partial charge is 0.489 e. The molecule has 5 rings (SSSR count). The Morgan fingerprint density at radius 3 is 2.11 bits per heavy atom. The zero-order chi connectivity index (χ0) is 25.8. The molecule has 0 saturated carbocycles. The zero-order valence-corrected chi connectivity index (χ0v) is 20.0. The number of β-lactam (4-membered cyclic amide) rings is 1. The lowest BCUT2D eigenvalue weighted by atomic mass is 9.78. The van der Waals surface area contributed by atoms with Crippen LogP contribution in [-0.2, 0) is 11.4 Å². The van der Waals surface area contributed by atoms with Gasteiger partial charge in [0, 0.05) is 23.2 Å².